The first kappa shape index (κ1) is 16.0. The molecular weight excluding hydrogens is 284 g/mol. The van der Waals surface area contributed by atoms with Gasteiger partial charge in [0.25, 0.3) is 6.01 Å². The Kier molecular flexibility index (Phi) is 5.14. The predicted molar refractivity (Wildman–Crippen MR) is 84.0 cm³/mol. The molecule has 1 atom stereocenters. The summed E-state index contributed by atoms with van der Waals surface area (Å²) in [6, 6.07) is 4.84. The van der Waals surface area contributed by atoms with E-state index < -0.39 is 17.6 Å². The van der Waals surface area contributed by atoms with Gasteiger partial charge in [0, 0.05) is 0 Å². The van der Waals surface area contributed by atoms with Crippen molar-refractivity contribution in [2.45, 2.75) is 39.2 Å². The highest BCUT2D eigenvalue weighted by Gasteiger charge is 2.20. The van der Waals surface area contributed by atoms with Gasteiger partial charge < -0.3 is 14.5 Å². The summed E-state index contributed by atoms with van der Waals surface area (Å²) in [7, 11) is 1.33. The summed E-state index contributed by atoms with van der Waals surface area (Å²) in [5, 5.41) is 3.32. The third-order valence-electron chi connectivity index (χ3n) is 3.50. The third-order valence-corrected chi connectivity index (χ3v) is 3.50. The van der Waals surface area contributed by atoms with Gasteiger partial charge in [-0.15, -0.1) is 0 Å². The molecule has 2 aromatic rings. The number of unbranched alkanes of at least 4 members (excludes halogenated alkanes) is 1. The largest absolute Gasteiger partial charge is 0.467 e. The molecule has 0 spiro atoms. The molecule has 0 radical (unpaired) electrons. The molecule has 22 heavy (non-hydrogen) atoms. The maximum Gasteiger partial charge on any atom is 0.348 e. The minimum absolute atomic E-state index is 0.0367. The monoisotopic (exact) mass is 304 g/mol. The smallest absolute Gasteiger partial charge is 0.348 e. The van der Waals surface area contributed by atoms with Gasteiger partial charge in [0.05, 0.1) is 18.0 Å². The summed E-state index contributed by atoms with van der Waals surface area (Å²) in [5.74, 6) is -0.401. The fraction of sp³-hybridized carbons (Fsp3) is 0.438. The van der Waals surface area contributed by atoms with Crippen molar-refractivity contribution in [3.8, 4) is 0 Å². The van der Waals surface area contributed by atoms with Gasteiger partial charge in [-0.3, -0.25) is 0 Å². The normalized spacial score (nSPS) is 12.1. The fourth-order valence-corrected chi connectivity index (χ4v) is 2.29. The van der Waals surface area contributed by atoms with Gasteiger partial charge >= 0.3 is 11.6 Å². The van der Waals surface area contributed by atoms with Crippen molar-refractivity contribution in [1.29, 1.82) is 0 Å². The van der Waals surface area contributed by atoms with Crippen LogP contribution >= 0.6 is 0 Å². The molecule has 2 rings (SSSR count). The summed E-state index contributed by atoms with van der Waals surface area (Å²) in [6.45, 7) is 3.86. The van der Waals surface area contributed by atoms with Crippen LogP contribution in [0.1, 0.15) is 31.7 Å². The molecule has 0 fully saturated rings. The Balaban J connectivity index is 2.33. The molecule has 0 unspecified atom stereocenters. The van der Waals surface area contributed by atoms with Crippen LogP contribution in [0.3, 0.4) is 0 Å². The number of hydrogen-bond acceptors (Lipinski definition) is 6. The summed E-state index contributed by atoms with van der Waals surface area (Å²) in [4.78, 5) is 28.2. The van der Waals surface area contributed by atoms with Gasteiger partial charge in [-0.25, -0.2) is 9.59 Å². The molecule has 6 heteroatoms. The number of aromatic nitrogens is 1. The van der Waals surface area contributed by atoms with Crippen molar-refractivity contribution < 1.29 is 13.9 Å². The number of aryl methyl sites for hydroxylation is 1. The Morgan fingerprint density at radius 1 is 1.45 bits per heavy atom. The fourth-order valence-electron chi connectivity index (χ4n) is 2.29. The first-order valence-corrected chi connectivity index (χ1v) is 7.31. The Labute approximate surface area is 128 Å². The minimum atomic E-state index is -0.581. The topological polar surface area (TPSA) is 81.4 Å². The molecule has 1 heterocycles. The molecule has 0 saturated carbocycles. The van der Waals surface area contributed by atoms with E-state index in [0.717, 1.165) is 18.4 Å². The molecule has 0 aliphatic carbocycles. The molecule has 6 nitrogen and oxygen atoms in total. The predicted octanol–water partition coefficient (Wildman–Crippen LogP) is 2.64. The number of benzene rings is 1. The average Bonchev–Trinajstić information content (AvgIpc) is 2.50. The number of ether oxygens (including phenoxy) is 1. The first-order chi connectivity index (χ1) is 10.6. The Morgan fingerprint density at radius 2 is 2.23 bits per heavy atom. The van der Waals surface area contributed by atoms with E-state index in [9.17, 15) is 9.59 Å². The number of nitrogens with zero attached hydrogens (tertiary/aromatic N) is 1. The molecule has 1 N–H and O–H groups in total. The van der Waals surface area contributed by atoms with E-state index in [2.05, 4.69) is 10.3 Å². The lowest BCUT2D eigenvalue weighted by atomic mass is 10.1. The number of carbonyl (C=O) groups is 1. The minimum Gasteiger partial charge on any atom is -0.467 e. The van der Waals surface area contributed by atoms with E-state index in [0.29, 0.717) is 17.3 Å². The van der Waals surface area contributed by atoms with Crippen molar-refractivity contribution >= 4 is 22.9 Å². The second-order valence-electron chi connectivity index (χ2n) is 5.14. The lowest BCUT2D eigenvalue weighted by Gasteiger charge is -2.15. The van der Waals surface area contributed by atoms with Crippen LogP contribution in [0.4, 0.5) is 6.01 Å². The van der Waals surface area contributed by atoms with Gasteiger partial charge in [0.1, 0.15) is 6.04 Å². The van der Waals surface area contributed by atoms with Crippen molar-refractivity contribution in [1.82, 2.24) is 4.98 Å². The highest BCUT2D eigenvalue weighted by Crippen LogP contribution is 2.16. The van der Waals surface area contributed by atoms with Gasteiger partial charge in [0.15, 0.2) is 0 Å². The quantitative estimate of drug-likeness (QED) is 0.826. The van der Waals surface area contributed by atoms with E-state index in [-0.39, 0.29) is 6.01 Å². The molecule has 1 aromatic heterocycles. The Hall–Kier alpha value is -2.37. The second kappa shape index (κ2) is 7.06. The average molecular weight is 304 g/mol. The van der Waals surface area contributed by atoms with Crippen LogP contribution in [-0.4, -0.2) is 24.1 Å². The SMILES string of the molecule is CCCC[C@H](Nc1nc2cccc(C)c2c(=O)o1)C(=O)OC. The molecule has 0 aliphatic heterocycles. The molecule has 0 amide bonds. The summed E-state index contributed by atoms with van der Waals surface area (Å²) in [5.41, 5.74) is 0.878. The van der Waals surface area contributed by atoms with Gasteiger partial charge in [0.2, 0.25) is 0 Å². The zero-order chi connectivity index (χ0) is 16.1. The van der Waals surface area contributed by atoms with Crippen LogP contribution in [-0.2, 0) is 9.53 Å². The molecule has 0 aliphatic rings. The van der Waals surface area contributed by atoms with Crippen LogP contribution in [0.25, 0.3) is 10.9 Å². The maximum absolute atomic E-state index is 12.1. The summed E-state index contributed by atoms with van der Waals surface area (Å²) < 4.78 is 9.96. The van der Waals surface area contributed by atoms with Crippen molar-refractivity contribution in [3.05, 3.63) is 34.2 Å². The van der Waals surface area contributed by atoms with E-state index in [1.165, 1.54) is 7.11 Å². The Bertz CT molecular complexity index is 724. The second-order valence-corrected chi connectivity index (χ2v) is 5.14. The number of methoxy groups -OCH3 is 1. The molecule has 0 saturated heterocycles. The zero-order valence-corrected chi connectivity index (χ0v) is 13.0. The molecular formula is C16H20N2O4. The Morgan fingerprint density at radius 3 is 2.91 bits per heavy atom. The van der Waals surface area contributed by atoms with Gasteiger partial charge in [-0.05, 0) is 25.0 Å². The van der Waals surface area contributed by atoms with Crippen molar-refractivity contribution in [2.24, 2.45) is 0 Å². The number of hydrogen-bond donors (Lipinski definition) is 1. The molecule has 1 aromatic carbocycles. The van der Waals surface area contributed by atoms with Crippen LogP contribution in [0, 0.1) is 6.92 Å². The van der Waals surface area contributed by atoms with Crippen LogP contribution < -0.4 is 10.9 Å². The van der Waals surface area contributed by atoms with Crippen LogP contribution in [0.5, 0.6) is 0 Å². The summed E-state index contributed by atoms with van der Waals surface area (Å²) >= 11 is 0. The number of fused-ring (bicyclic) bond motifs is 1. The van der Waals surface area contributed by atoms with Gasteiger partial charge in [-0.1, -0.05) is 31.9 Å². The highest BCUT2D eigenvalue weighted by molar-refractivity contribution is 5.82. The van der Waals surface area contributed by atoms with Crippen molar-refractivity contribution in [2.75, 3.05) is 12.4 Å². The van der Waals surface area contributed by atoms with Crippen molar-refractivity contribution in [3.63, 3.8) is 0 Å². The molecule has 0 bridgehead atoms. The maximum atomic E-state index is 12.1. The number of rotatable bonds is 6. The van der Waals surface area contributed by atoms with E-state index >= 15 is 0 Å². The number of carbonyl (C=O) groups excluding carboxylic acids is 1. The zero-order valence-electron chi connectivity index (χ0n) is 13.0. The standard InChI is InChI=1S/C16H20N2O4/c1-4-5-8-12(14(19)21-3)18-16-17-11-9-6-7-10(2)13(11)15(20)22-16/h6-7,9,12H,4-5,8H2,1-3H3,(H,17,18)/t12-/m0/s1. The summed E-state index contributed by atoms with van der Waals surface area (Å²) in [6.07, 6.45) is 2.38. The highest BCUT2D eigenvalue weighted by atomic mass is 16.5. The van der Waals surface area contributed by atoms with E-state index in [1.54, 1.807) is 6.07 Å². The third kappa shape index (κ3) is 3.44. The van der Waals surface area contributed by atoms with E-state index in [1.807, 2.05) is 26.0 Å². The first-order valence-electron chi connectivity index (χ1n) is 7.31. The van der Waals surface area contributed by atoms with Crippen LogP contribution in [0.2, 0.25) is 0 Å². The molecule has 118 valence electrons. The lowest BCUT2D eigenvalue weighted by Crippen LogP contribution is -2.31. The van der Waals surface area contributed by atoms with Crippen LogP contribution in [0.15, 0.2) is 27.4 Å². The number of esters is 1. The van der Waals surface area contributed by atoms with Gasteiger partial charge in [-0.2, -0.15) is 4.98 Å². The van der Waals surface area contributed by atoms with E-state index in [4.69, 9.17) is 9.15 Å². The number of anilines is 1. The lowest BCUT2D eigenvalue weighted by molar-refractivity contribution is -0.141. The number of nitrogens with one attached hydrogen (secondary N) is 1.